The molecule has 1 aliphatic rings. The second kappa shape index (κ2) is 3.10. The molecule has 0 aromatic rings. The predicted molar refractivity (Wildman–Crippen MR) is 36.1 cm³/mol. The first-order valence-corrected chi connectivity index (χ1v) is 3.18. The SMILES string of the molecule is C[B]N1CCNCC1. The van der Waals surface area contributed by atoms with Crippen LogP contribution in [0.1, 0.15) is 0 Å². The van der Waals surface area contributed by atoms with Crippen molar-refractivity contribution in [1.29, 1.82) is 0 Å². The van der Waals surface area contributed by atoms with E-state index in [1.165, 1.54) is 13.1 Å². The molecular formula is C5H12BN2. The van der Waals surface area contributed by atoms with E-state index in [1.54, 1.807) is 0 Å². The fourth-order valence-electron chi connectivity index (χ4n) is 0.940. The van der Waals surface area contributed by atoms with Crippen molar-refractivity contribution in [3.63, 3.8) is 0 Å². The Labute approximate surface area is 51.5 Å². The van der Waals surface area contributed by atoms with Crippen LogP contribution in [0.3, 0.4) is 0 Å². The number of rotatable bonds is 1. The van der Waals surface area contributed by atoms with Crippen molar-refractivity contribution in [2.45, 2.75) is 6.82 Å². The Morgan fingerprint density at radius 3 is 2.38 bits per heavy atom. The Balaban J connectivity index is 2.13. The lowest BCUT2D eigenvalue weighted by Gasteiger charge is -2.25. The van der Waals surface area contributed by atoms with Crippen LogP contribution in [0.15, 0.2) is 0 Å². The fraction of sp³-hybridized carbons (Fsp3) is 1.00. The number of nitrogens with one attached hydrogen (secondary N) is 1. The summed E-state index contributed by atoms with van der Waals surface area (Å²) in [5.41, 5.74) is 0. The highest BCUT2D eigenvalue weighted by molar-refractivity contribution is 6.29. The quantitative estimate of drug-likeness (QED) is 0.461. The minimum atomic E-state index is 1.14. The van der Waals surface area contributed by atoms with Gasteiger partial charge >= 0.3 is 0 Å². The van der Waals surface area contributed by atoms with Crippen LogP contribution in [0.25, 0.3) is 0 Å². The Morgan fingerprint density at radius 2 is 2.00 bits per heavy atom. The summed E-state index contributed by atoms with van der Waals surface area (Å²) in [6.07, 6.45) is 0. The van der Waals surface area contributed by atoms with Gasteiger partial charge in [0.2, 0.25) is 7.41 Å². The Kier molecular flexibility index (Phi) is 2.37. The standard InChI is InChI=1S/C5H12BN2/c1-6-8-4-2-7-3-5-8/h7H,2-5H2,1H3. The second-order valence-corrected chi connectivity index (χ2v) is 2.04. The second-order valence-electron chi connectivity index (χ2n) is 2.04. The van der Waals surface area contributed by atoms with Crippen LogP contribution in [0, 0.1) is 0 Å². The highest BCUT2D eigenvalue weighted by Gasteiger charge is 2.05. The lowest BCUT2D eigenvalue weighted by molar-refractivity contribution is 0.377. The largest absolute Gasteiger partial charge is 0.345 e. The van der Waals surface area contributed by atoms with Gasteiger partial charge in [-0.25, -0.2) is 0 Å². The molecule has 1 heterocycles. The van der Waals surface area contributed by atoms with Crippen LogP contribution >= 0.6 is 0 Å². The van der Waals surface area contributed by atoms with Crippen molar-refractivity contribution in [2.24, 2.45) is 0 Å². The molecule has 0 aromatic heterocycles. The van der Waals surface area contributed by atoms with Crippen molar-refractivity contribution in [3.8, 4) is 0 Å². The molecule has 1 aliphatic heterocycles. The van der Waals surface area contributed by atoms with Crippen LogP contribution in [-0.4, -0.2) is 38.4 Å². The summed E-state index contributed by atoms with van der Waals surface area (Å²) >= 11 is 0. The lowest BCUT2D eigenvalue weighted by atomic mass is 9.95. The summed E-state index contributed by atoms with van der Waals surface area (Å²) < 4.78 is 0. The smallest absolute Gasteiger partial charge is 0.205 e. The van der Waals surface area contributed by atoms with E-state index in [-0.39, 0.29) is 0 Å². The summed E-state index contributed by atoms with van der Waals surface area (Å²) in [5, 5.41) is 3.29. The van der Waals surface area contributed by atoms with Crippen LogP contribution in [0.5, 0.6) is 0 Å². The molecule has 1 rings (SSSR count). The van der Waals surface area contributed by atoms with Gasteiger partial charge in [-0.2, -0.15) is 0 Å². The van der Waals surface area contributed by atoms with Gasteiger partial charge in [-0.05, 0) is 13.1 Å². The Hall–Kier alpha value is -0.0151. The van der Waals surface area contributed by atoms with E-state index in [1.807, 2.05) is 0 Å². The van der Waals surface area contributed by atoms with E-state index in [9.17, 15) is 0 Å². The van der Waals surface area contributed by atoms with Gasteiger partial charge in [0, 0.05) is 13.1 Å². The van der Waals surface area contributed by atoms with Crippen molar-refractivity contribution in [1.82, 2.24) is 10.1 Å². The minimum Gasteiger partial charge on any atom is -0.345 e. The third kappa shape index (κ3) is 1.49. The van der Waals surface area contributed by atoms with Crippen molar-refractivity contribution >= 4 is 7.41 Å². The van der Waals surface area contributed by atoms with Gasteiger partial charge in [-0.15, -0.1) is 0 Å². The summed E-state index contributed by atoms with van der Waals surface area (Å²) in [4.78, 5) is 2.33. The molecule has 1 radical (unpaired) electrons. The molecule has 0 spiro atoms. The zero-order valence-electron chi connectivity index (χ0n) is 5.35. The van der Waals surface area contributed by atoms with Gasteiger partial charge in [0.25, 0.3) is 0 Å². The molecule has 3 heteroatoms. The highest BCUT2D eigenvalue weighted by atomic mass is 15.1. The molecule has 0 aliphatic carbocycles. The van der Waals surface area contributed by atoms with Crippen LogP contribution in [0.2, 0.25) is 6.82 Å². The van der Waals surface area contributed by atoms with Gasteiger partial charge in [0.05, 0.1) is 0 Å². The Bertz CT molecular complexity index is 61.4. The molecule has 0 saturated carbocycles. The average molecular weight is 111 g/mol. The molecule has 0 atom stereocenters. The maximum absolute atomic E-state index is 3.29. The lowest BCUT2D eigenvalue weighted by Crippen LogP contribution is -2.44. The molecule has 1 N–H and O–H groups in total. The summed E-state index contributed by atoms with van der Waals surface area (Å²) in [6, 6.07) is 0. The van der Waals surface area contributed by atoms with Crippen LogP contribution < -0.4 is 5.32 Å². The molecule has 0 aromatic carbocycles. The number of hydrogen-bond donors (Lipinski definition) is 1. The monoisotopic (exact) mass is 111 g/mol. The van der Waals surface area contributed by atoms with Gasteiger partial charge in [-0.1, -0.05) is 6.82 Å². The first-order chi connectivity index (χ1) is 3.93. The first-order valence-electron chi connectivity index (χ1n) is 3.18. The van der Waals surface area contributed by atoms with E-state index in [0.717, 1.165) is 13.1 Å². The fourth-order valence-corrected chi connectivity index (χ4v) is 0.940. The van der Waals surface area contributed by atoms with Gasteiger partial charge in [0.15, 0.2) is 0 Å². The van der Waals surface area contributed by atoms with Gasteiger partial charge in [0.1, 0.15) is 0 Å². The molecule has 0 bridgehead atoms. The van der Waals surface area contributed by atoms with E-state index in [4.69, 9.17) is 0 Å². The van der Waals surface area contributed by atoms with E-state index < -0.39 is 0 Å². The molecule has 0 amide bonds. The molecular weight excluding hydrogens is 98.9 g/mol. The molecule has 1 fully saturated rings. The topological polar surface area (TPSA) is 15.3 Å². The third-order valence-corrected chi connectivity index (χ3v) is 1.52. The predicted octanol–water partition coefficient (Wildman–Crippen LogP) is -0.441. The van der Waals surface area contributed by atoms with Gasteiger partial charge < -0.3 is 10.1 Å². The normalized spacial score (nSPS) is 23.1. The average Bonchev–Trinajstić information content (AvgIpc) is 1.90. The third-order valence-electron chi connectivity index (χ3n) is 1.52. The van der Waals surface area contributed by atoms with Crippen molar-refractivity contribution in [2.75, 3.05) is 26.2 Å². The zero-order chi connectivity index (χ0) is 5.82. The van der Waals surface area contributed by atoms with E-state index >= 15 is 0 Å². The molecule has 1 saturated heterocycles. The van der Waals surface area contributed by atoms with Crippen molar-refractivity contribution in [3.05, 3.63) is 0 Å². The molecule has 45 valence electrons. The molecule has 0 unspecified atom stereocenters. The van der Waals surface area contributed by atoms with Crippen molar-refractivity contribution < 1.29 is 0 Å². The number of piperazine rings is 1. The molecule has 8 heavy (non-hydrogen) atoms. The summed E-state index contributed by atoms with van der Waals surface area (Å²) in [5.74, 6) is 0. The van der Waals surface area contributed by atoms with E-state index in [2.05, 4.69) is 24.4 Å². The number of hydrogen-bond acceptors (Lipinski definition) is 2. The highest BCUT2D eigenvalue weighted by Crippen LogP contribution is 1.86. The maximum atomic E-state index is 3.29. The summed E-state index contributed by atoms with van der Waals surface area (Å²) in [7, 11) is 2.15. The van der Waals surface area contributed by atoms with E-state index in [0.29, 0.717) is 0 Å². The first kappa shape index (κ1) is 6.11. The molecule has 2 nitrogen and oxygen atoms in total. The summed E-state index contributed by atoms with van der Waals surface area (Å²) in [6.45, 7) is 6.73. The van der Waals surface area contributed by atoms with Gasteiger partial charge in [-0.3, -0.25) is 0 Å². The minimum absolute atomic E-state index is 1.14. The van der Waals surface area contributed by atoms with Crippen LogP contribution in [-0.2, 0) is 0 Å². The maximum Gasteiger partial charge on any atom is 0.205 e. The van der Waals surface area contributed by atoms with Crippen LogP contribution in [0.4, 0.5) is 0 Å². The zero-order valence-corrected chi connectivity index (χ0v) is 5.35. The Morgan fingerprint density at radius 1 is 1.38 bits per heavy atom. The number of nitrogens with zero attached hydrogens (tertiary/aromatic N) is 1.